The van der Waals surface area contributed by atoms with Crippen LogP contribution in [0.4, 0.5) is 0 Å². The Kier molecular flexibility index (Phi) is 4.29. The van der Waals surface area contributed by atoms with Crippen molar-refractivity contribution < 1.29 is 4.43 Å². The van der Waals surface area contributed by atoms with Gasteiger partial charge in [-0.15, -0.1) is 11.3 Å². The largest absolute Gasteiger partial charge is 0.416 e. The number of aryl methyl sites for hydroxylation is 2. The van der Waals surface area contributed by atoms with Gasteiger partial charge < -0.3 is 4.43 Å². The van der Waals surface area contributed by atoms with E-state index in [-0.39, 0.29) is 0 Å². The van der Waals surface area contributed by atoms with Crippen molar-refractivity contribution in [3.05, 3.63) is 21.4 Å². The van der Waals surface area contributed by atoms with E-state index in [0.29, 0.717) is 11.0 Å². The zero-order chi connectivity index (χ0) is 14.3. The summed E-state index contributed by atoms with van der Waals surface area (Å²) in [4.78, 5) is 3.08. The topological polar surface area (TPSA) is 9.23 Å². The lowest BCUT2D eigenvalue weighted by molar-refractivity contribution is 0.252. The molecule has 1 unspecified atom stereocenters. The summed E-state index contributed by atoms with van der Waals surface area (Å²) < 4.78 is 6.44. The van der Waals surface area contributed by atoms with Crippen LogP contribution in [0.15, 0.2) is 6.07 Å². The highest BCUT2D eigenvalue weighted by molar-refractivity contribution is 7.12. The minimum absolute atomic E-state index is 0.315. The smallest absolute Gasteiger partial charge is 0.192 e. The molecule has 0 N–H and O–H groups in total. The Hall–Kier alpha value is -0.123. The van der Waals surface area contributed by atoms with Crippen LogP contribution in [0.25, 0.3) is 0 Å². The van der Waals surface area contributed by atoms with Crippen molar-refractivity contribution in [3.8, 4) is 0 Å². The van der Waals surface area contributed by atoms with Crippen molar-refractivity contribution in [2.24, 2.45) is 0 Å². The van der Waals surface area contributed by atoms with Crippen molar-refractivity contribution in [1.29, 1.82) is 0 Å². The third-order valence-corrected chi connectivity index (χ3v) is 10.4. The number of fused-ring (bicyclic) bond motifs is 1. The van der Waals surface area contributed by atoms with E-state index in [0.717, 1.165) is 6.61 Å². The maximum Gasteiger partial charge on any atom is 0.192 e. The minimum atomic E-state index is -1.60. The molecule has 0 bridgehead atoms. The molecule has 1 aromatic heterocycles. The Bertz CT molecular complexity index is 442. The van der Waals surface area contributed by atoms with Crippen LogP contribution in [0.2, 0.25) is 18.1 Å². The second kappa shape index (κ2) is 5.34. The Morgan fingerprint density at radius 1 is 1.37 bits per heavy atom. The van der Waals surface area contributed by atoms with E-state index >= 15 is 0 Å². The normalized spacial score (nSPS) is 20.4. The molecule has 3 heteroatoms. The predicted octanol–water partition coefficient (Wildman–Crippen LogP) is 5.50. The van der Waals surface area contributed by atoms with Gasteiger partial charge in [0.2, 0.25) is 0 Å². The van der Waals surface area contributed by atoms with E-state index in [4.69, 9.17) is 4.43 Å². The van der Waals surface area contributed by atoms with E-state index in [2.05, 4.69) is 46.9 Å². The maximum atomic E-state index is 6.44. The number of rotatable bonds is 3. The first kappa shape index (κ1) is 15.3. The molecule has 1 heterocycles. The summed E-state index contributed by atoms with van der Waals surface area (Å²) in [7, 11) is -1.60. The molecule has 2 rings (SSSR count). The van der Waals surface area contributed by atoms with Gasteiger partial charge in [-0.05, 0) is 55.9 Å². The van der Waals surface area contributed by atoms with Crippen LogP contribution in [0.3, 0.4) is 0 Å². The third-order valence-electron chi connectivity index (χ3n) is 4.81. The molecule has 108 valence electrons. The lowest BCUT2D eigenvalue weighted by Gasteiger charge is -2.37. The van der Waals surface area contributed by atoms with Crippen LogP contribution in [0.1, 0.15) is 54.8 Å². The fourth-order valence-electron chi connectivity index (χ4n) is 2.49. The number of hydrogen-bond acceptors (Lipinski definition) is 2. The van der Waals surface area contributed by atoms with Gasteiger partial charge in [-0.3, -0.25) is 0 Å². The molecular formula is C16H28OSSi. The number of hydrogen-bond donors (Lipinski definition) is 0. The highest BCUT2D eigenvalue weighted by Crippen LogP contribution is 2.40. The molecule has 1 nitrogen and oxygen atoms in total. The molecule has 0 spiro atoms. The van der Waals surface area contributed by atoms with Crippen molar-refractivity contribution in [3.63, 3.8) is 0 Å². The average molecular weight is 297 g/mol. The molecular weight excluding hydrogens is 268 g/mol. The van der Waals surface area contributed by atoms with Gasteiger partial charge >= 0.3 is 0 Å². The quantitative estimate of drug-likeness (QED) is 0.669. The molecule has 0 saturated heterocycles. The van der Waals surface area contributed by atoms with Gasteiger partial charge in [0.1, 0.15) is 0 Å². The summed E-state index contributed by atoms with van der Waals surface area (Å²) in [6.07, 6.45) is 3.92. The first-order chi connectivity index (χ1) is 8.71. The van der Waals surface area contributed by atoms with Crippen LogP contribution >= 0.6 is 11.3 Å². The van der Waals surface area contributed by atoms with E-state index in [1.165, 1.54) is 24.1 Å². The third kappa shape index (κ3) is 3.31. The second-order valence-corrected chi connectivity index (χ2v) is 13.5. The molecule has 0 fully saturated rings. The fraction of sp³-hybridized carbons (Fsp3) is 0.750. The Labute approximate surface area is 123 Å². The van der Waals surface area contributed by atoms with Crippen LogP contribution in [-0.2, 0) is 10.8 Å². The molecule has 0 aromatic carbocycles. The van der Waals surface area contributed by atoms with E-state index in [9.17, 15) is 0 Å². The standard InChI is InChI=1S/C16H28OSSi/c1-12-10-14-13(8-7-9-15(14)18-12)11-17-19(5,6)16(2,3)4/h10,13H,7-9,11H2,1-6H3. The molecule has 0 saturated carbocycles. The molecule has 1 aliphatic rings. The van der Waals surface area contributed by atoms with Crippen molar-refractivity contribution in [1.82, 2.24) is 0 Å². The summed E-state index contributed by atoms with van der Waals surface area (Å²) in [5, 5.41) is 0.315. The molecule has 0 radical (unpaired) electrons. The highest BCUT2D eigenvalue weighted by atomic mass is 32.1. The summed E-state index contributed by atoms with van der Waals surface area (Å²) in [5.74, 6) is 0.642. The van der Waals surface area contributed by atoms with E-state index in [1.807, 2.05) is 11.3 Å². The zero-order valence-electron chi connectivity index (χ0n) is 13.3. The molecule has 19 heavy (non-hydrogen) atoms. The van der Waals surface area contributed by atoms with Gasteiger partial charge in [-0.25, -0.2) is 0 Å². The predicted molar refractivity (Wildman–Crippen MR) is 87.9 cm³/mol. The van der Waals surface area contributed by atoms with Crippen molar-refractivity contribution in [2.75, 3.05) is 6.61 Å². The van der Waals surface area contributed by atoms with Crippen molar-refractivity contribution in [2.45, 2.75) is 71.0 Å². The van der Waals surface area contributed by atoms with Crippen LogP contribution in [0.5, 0.6) is 0 Å². The van der Waals surface area contributed by atoms with Gasteiger partial charge in [0.15, 0.2) is 8.32 Å². The first-order valence-electron chi connectivity index (χ1n) is 7.44. The molecule has 1 aromatic rings. The summed E-state index contributed by atoms with van der Waals surface area (Å²) in [6, 6.07) is 2.40. The lowest BCUT2D eigenvalue weighted by atomic mass is 9.88. The van der Waals surface area contributed by atoms with Gasteiger partial charge in [-0.2, -0.15) is 0 Å². The SMILES string of the molecule is Cc1cc2c(s1)CCCC2CO[Si](C)(C)C(C)(C)C. The van der Waals surface area contributed by atoms with Crippen LogP contribution in [-0.4, -0.2) is 14.9 Å². The Morgan fingerprint density at radius 2 is 2.05 bits per heavy atom. The van der Waals surface area contributed by atoms with Crippen LogP contribution in [0, 0.1) is 6.92 Å². The monoisotopic (exact) mass is 296 g/mol. The maximum absolute atomic E-state index is 6.44. The fourth-order valence-corrected chi connectivity index (χ4v) is 4.70. The Morgan fingerprint density at radius 3 is 2.68 bits per heavy atom. The summed E-state index contributed by atoms with van der Waals surface area (Å²) in [5.41, 5.74) is 1.59. The highest BCUT2D eigenvalue weighted by Gasteiger charge is 2.38. The van der Waals surface area contributed by atoms with Gasteiger partial charge in [-0.1, -0.05) is 20.8 Å². The molecule has 1 atom stereocenters. The molecule has 1 aliphatic carbocycles. The minimum Gasteiger partial charge on any atom is -0.416 e. The first-order valence-corrected chi connectivity index (χ1v) is 11.2. The second-order valence-electron chi connectivity index (χ2n) is 7.40. The van der Waals surface area contributed by atoms with Crippen LogP contribution < -0.4 is 0 Å². The summed E-state index contributed by atoms with van der Waals surface area (Å²) in [6.45, 7) is 14.8. The van der Waals surface area contributed by atoms with E-state index < -0.39 is 8.32 Å². The zero-order valence-corrected chi connectivity index (χ0v) is 15.1. The molecule has 0 amide bonds. The lowest BCUT2D eigenvalue weighted by Crippen LogP contribution is -2.41. The molecule has 0 aliphatic heterocycles. The van der Waals surface area contributed by atoms with Gasteiger partial charge in [0.05, 0.1) is 0 Å². The Balaban J connectivity index is 2.06. The summed E-state index contributed by atoms with van der Waals surface area (Å²) >= 11 is 1.99. The number of thiophene rings is 1. The van der Waals surface area contributed by atoms with Crippen molar-refractivity contribution >= 4 is 19.7 Å². The van der Waals surface area contributed by atoms with Gasteiger partial charge in [0.25, 0.3) is 0 Å². The van der Waals surface area contributed by atoms with E-state index in [1.54, 1.807) is 10.4 Å². The van der Waals surface area contributed by atoms with Gasteiger partial charge in [0, 0.05) is 22.3 Å². The average Bonchev–Trinajstić information content (AvgIpc) is 2.65.